The van der Waals surface area contributed by atoms with Gasteiger partial charge in [0, 0.05) is 22.4 Å². The monoisotopic (exact) mass is 755 g/mol. The van der Waals surface area contributed by atoms with Gasteiger partial charge in [-0.1, -0.05) is 176 Å². The number of oxazole rings is 1. The fourth-order valence-electron chi connectivity index (χ4n) is 8.44. The third kappa shape index (κ3) is 6.28. The van der Waals surface area contributed by atoms with E-state index in [0.717, 1.165) is 44.9 Å². The Hall–Kier alpha value is -7.82. The molecule has 0 fully saturated rings. The molecule has 0 spiro atoms. The zero-order valence-corrected chi connectivity index (χ0v) is 32.1. The lowest BCUT2D eigenvalue weighted by Gasteiger charge is -2.41. The zero-order valence-electron chi connectivity index (χ0n) is 32.1. The predicted molar refractivity (Wildman–Crippen MR) is 243 cm³/mol. The molecule has 1 aromatic heterocycles. The summed E-state index contributed by atoms with van der Waals surface area (Å²) in [6.45, 7) is 0. The molecule has 0 radical (unpaired) electrons. The van der Waals surface area contributed by atoms with Gasteiger partial charge in [-0.15, -0.1) is 0 Å². The molecule has 278 valence electrons. The van der Waals surface area contributed by atoms with Crippen LogP contribution in [0.2, 0.25) is 0 Å². The molecule has 0 N–H and O–H groups in total. The van der Waals surface area contributed by atoms with E-state index in [2.05, 4.69) is 199 Å². The van der Waals surface area contributed by atoms with Gasteiger partial charge in [0.15, 0.2) is 11.7 Å². The molecule has 1 atom stereocenters. The van der Waals surface area contributed by atoms with E-state index in [1.807, 2.05) is 24.3 Å². The maximum Gasteiger partial charge on any atom is 0.227 e. The van der Waals surface area contributed by atoms with Crippen molar-refractivity contribution >= 4 is 33.4 Å². The van der Waals surface area contributed by atoms with Crippen LogP contribution in [0, 0.1) is 0 Å². The number of fused-ring (bicyclic) bond motifs is 2. The van der Waals surface area contributed by atoms with Gasteiger partial charge in [-0.05, 0) is 97.7 Å². The summed E-state index contributed by atoms with van der Waals surface area (Å²) in [5, 5.41) is 2.41. The second kappa shape index (κ2) is 14.6. The fourth-order valence-corrected chi connectivity index (χ4v) is 8.44. The molecule has 4 heteroatoms. The van der Waals surface area contributed by atoms with Gasteiger partial charge in [0.1, 0.15) is 11.4 Å². The van der Waals surface area contributed by atoms with Crippen molar-refractivity contribution in [1.29, 1.82) is 0 Å². The lowest BCUT2D eigenvalue weighted by molar-refractivity contribution is 0.620. The first-order valence-electron chi connectivity index (χ1n) is 20.0. The van der Waals surface area contributed by atoms with Crippen LogP contribution in [0.1, 0.15) is 17.3 Å². The first-order valence-corrected chi connectivity index (χ1v) is 20.0. The van der Waals surface area contributed by atoms with Crippen molar-refractivity contribution in [2.45, 2.75) is 6.17 Å². The number of rotatable bonds is 8. The maximum absolute atomic E-state index is 6.04. The number of aliphatic imine (C=N–C) groups is 1. The third-order valence-electron chi connectivity index (χ3n) is 11.4. The SMILES string of the molecule is c1ccc(C2=NC(c3ccccc3-c3cccc4c(-c5cccc(-c6ccc(-c7nc8ccccc8o7)cc6)c5)cccc34)N2c2ccc(-c3ccccc3)cc2)cc1. The first kappa shape index (κ1) is 34.4. The van der Waals surface area contributed by atoms with Crippen LogP contribution in [0.5, 0.6) is 0 Å². The van der Waals surface area contributed by atoms with Gasteiger partial charge in [-0.25, -0.2) is 9.98 Å². The summed E-state index contributed by atoms with van der Waals surface area (Å²) in [5.74, 6) is 1.60. The van der Waals surface area contributed by atoms with Crippen molar-refractivity contribution in [2.75, 3.05) is 4.90 Å². The van der Waals surface area contributed by atoms with Crippen molar-refractivity contribution in [3.05, 3.63) is 230 Å². The Morgan fingerprint density at radius 1 is 0.390 bits per heavy atom. The Morgan fingerprint density at radius 3 is 1.71 bits per heavy atom. The minimum atomic E-state index is -0.187. The highest BCUT2D eigenvalue weighted by Gasteiger charge is 2.36. The molecular formula is C55H37N3O. The summed E-state index contributed by atoms with van der Waals surface area (Å²) in [6.07, 6.45) is -0.187. The van der Waals surface area contributed by atoms with Gasteiger partial charge in [0.05, 0.1) is 0 Å². The molecule has 0 bridgehead atoms. The summed E-state index contributed by atoms with van der Waals surface area (Å²) < 4.78 is 6.04. The van der Waals surface area contributed by atoms with Crippen LogP contribution < -0.4 is 4.90 Å². The Kier molecular flexibility index (Phi) is 8.52. The first-order chi connectivity index (χ1) is 29.2. The molecule has 2 heterocycles. The molecule has 11 rings (SSSR count). The third-order valence-corrected chi connectivity index (χ3v) is 11.4. The molecule has 1 unspecified atom stereocenters. The summed E-state index contributed by atoms with van der Waals surface area (Å²) in [5.41, 5.74) is 15.4. The van der Waals surface area contributed by atoms with E-state index >= 15 is 0 Å². The standard InChI is InChI=1S/C55H37N3O/c1-3-14-37(15-4-1)38-32-34-44(35-33-38)58-53(40-16-5-2-6-17-40)57-54(58)50-21-8-7-20-49(50)48-25-13-23-46-45(22-12-24-47(46)48)43-19-11-18-42(36-43)39-28-30-41(31-29-39)55-56-51-26-9-10-27-52(51)59-55/h1-36,54H. The maximum atomic E-state index is 6.04. The number of hydrogen-bond donors (Lipinski definition) is 0. The van der Waals surface area contributed by atoms with Gasteiger partial charge in [0.25, 0.3) is 0 Å². The van der Waals surface area contributed by atoms with E-state index < -0.39 is 0 Å². The fraction of sp³-hybridized carbons (Fsp3) is 0.0182. The van der Waals surface area contributed by atoms with Crippen molar-refractivity contribution in [3.8, 4) is 56.0 Å². The lowest BCUT2D eigenvalue weighted by atomic mass is 9.89. The van der Waals surface area contributed by atoms with E-state index in [1.165, 1.54) is 49.7 Å². The topological polar surface area (TPSA) is 41.6 Å². The number of amidine groups is 1. The predicted octanol–water partition coefficient (Wildman–Crippen LogP) is 14.3. The number of nitrogens with zero attached hydrogens (tertiary/aromatic N) is 3. The summed E-state index contributed by atoms with van der Waals surface area (Å²) >= 11 is 0. The highest BCUT2D eigenvalue weighted by molar-refractivity contribution is 6.14. The van der Waals surface area contributed by atoms with Gasteiger partial charge >= 0.3 is 0 Å². The van der Waals surface area contributed by atoms with Crippen molar-refractivity contribution in [1.82, 2.24) is 4.98 Å². The van der Waals surface area contributed by atoms with Crippen LogP contribution in [-0.4, -0.2) is 10.8 Å². The van der Waals surface area contributed by atoms with E-state index in [9.17, 15) is 0 Å². The number of anilines is 1. The number of hydrogen-bond acceptors (Lipinski definition) is 4. The van der Waals surface area contributed by atoms with Crippen molar-refractivity contribution in [2.24, 2.45) is 4.99 Å². The normalized spacial score (nSPS) is 13.7. The van der Waals surface area contributed by atoms with E-state index in [-0.39, 0.29) is 6.17 Å². The van der Waals surface area contributed by atoms with Crippen molar-refractivity contribution < 1.29 is 4.42 Å². The van der Waals surface area contributed by atoms with E-state index in [4.69, 9.17) is 14.4 Å². The van der Waals surface area contributed by atoms with Crippen LogP contribution in [0.25, 0.3) is 77.8 Å². The van der Waals surface area contributed by atoms with Crippen LogP contribution in [0.3, 0.4) is 0 Å². The second-order valence-corrected chi connectivity index (χ2v) is 14.9. The highest BCUT2D eigenvalue weighted by Crippen LogP contribution is 2.44. The van der Waals surface area contributed by atoms with E-state index in [1.54, 1.807) is 0 Å². The molecule has 0 saturated heterocycles. The van der Waals surface area contributed by atoms with Gasteiger partial charge < -0.3 is 4.42 Å². The van der Waals surface area contributed by atoms with Crippen LogP contribution in [0.4, 0.5) is 5.69 Å². The smallest absolute Gasteiger partial charge is 0.227 e. The van der Waals surface area contributed by atoms with Crippen LogP contribution >= 0.6 is 0 Å². The lowest BCUT2D eigenvalue weighted by Crippen LogP contribution is -2.43. The Morgan fingerprint density at radius 2 is 0.932 bits per heavy atom. The molecule has 0 amide bonds. The Balaban J connectivity index is 0.949. The molecule has 1 aliphatic heterocycles. The Labute approximate surface area is 343 Å². The Bertz CT molecular complexity index is 3120. The van der Waals surface area contributed by atoms with Crippen molar-refractivity contribution in [3.63, 3.8) is 0 Å². The van der Waals surface area contributed by atoms with Gasteiger partial charge in [-0.3, -0.25) is 4.90 Å². The van der Waals surface area contributed by atoms with Gasteiger partial charge in [-0.2, -0.15) is 0 Å². The quantitative estimate of drug-likeness (QED) is 0.155. The molecule has 9 aromatic carbocycles. The molecule has 0 saturated carbocycles. The summed E-state index contributed by atoms with van der Waals surface area (Å²) in [7, 11) is 0. The largest absolute Gasteiger partial charge is 0.436 e. The summed E-state index contributed by atoms with van der Waals surface area (Å²) in [4.78, 5) is 12.4. The summed E-state index contributed by atoms with van der Waals surface area (Å²) in [6, 6.07) is 77.2. The van der Waals surface area contributed by atoms with Crippen LogP contribution in [-0.2, 0) is 0 Å². The molecule has 59 heavy (non-hydrogen) atoms. The molecule has 0 aliphatic carbocycles. The van der Waals surface area contributed by atoms with E-state index in [0.29, 0.717) is 5.89 Å². The number of benzene rings is 9. The zero-order chi connectivity index (χ0) is 39.1. The minimum Gasteiger partial charge on any atom is -0.436 e. The average molecular weight is 756 g/mol. The van der Waals surface area contributed by atoms with Gasteiger partial charge in [0.2, 0.25) is 5.89 Å². The number of para-hydroxylation sites is 2. The average Bonchev–Trinajstić information content (AvgIpc) is 3.74. The number of aromatic nitrogens is 1. The molecule has 4 nitrogen and oxygen atoms in total. The van der Waals surface area contributed by atoms with Crippen LogP contribution in [0.15, 0.2) is 228 Å². The second-order valence-electron chi connectivity index (χ2n) is 14.9. The molecule has 10 aromatic rings. The highest BCUT2D eigenvalue weighted by atomic mass is 16.3. The molecule has 1 aliphatic rings. The molecular weight excluding hydrogens is 719 g/mol. The minimum absolute atomic E-state index is 0.187.